The van der Waals surface area contributed by atoms with Gasteiger partial charge in [-0.1, -0.05) is 30.3 Å². The van der Waals surface area contributed by atoms with Gasteiger partial charge in [0.1, 0.15) is 5.75 Å². The van der Waals surface area contributed by atoms with Crippen LogP contribution in [0.1, 0.15) is 21.5 Å². The van der Waals surface area contributed by atoms with Crippen molar-refractivity contribution in [2.75, 3.05) is 7.11 Å². The molecule has 0 amide bonds. The Morgan fingerprint density at radius 3 is 2.30 bits per heavy atom. The van der Waals surface area contributed by atoms with E-state index in [9.17, 15) is 26.4 Å². The van der Waals surface area contributed by atoms with Crippen molar-refractivity contribution in [3.8, 4) is 5.75 Å². The van der Waals surface area contributed by atoms with Gasteiger partial charge in [-0.3, -0.25) is 0 Å². The first kappa shape index (κ1) is 20.7. The molecule has 10 heteroatoms. The number of carbonyl (C=O) groups is 1. The molecule has 0 aliphatic carbocycles. The predicted molar refractivity (Wildman–Crippen MR) is 88.3 cm³/mol. The van der Waals surface area contributed by atoms with Crippen LogP contribution >= 0.6 is 0 Å². The van der Waals surface area contributed by atoms with Gasteiger partial charge >= 0.3 is 21.6 Å². The van der Waals surface area contributed by atoms with Crippen molar-refractivity contribution in [1.82, 2.24) is 0 Å². The van der Waals surface area contributed by atoms with Crippen molar-refractivity contribution in [2.24, 2.45) is 0 Å². The van der Waals surface area contributed by atoms with Gasteiger partial charge in [-0.05, 0) is 29.3 Å². The topological polar surface area (TPSA) is 78.9 Å². The molecule has 2 aromatic carbocycles. The number of halogens is 3. The summed E-state index contributed by atoms with van der Waals surface area (Å²) in [4.78, 5) is 11.8. The van der Waals surface area contributed by atoms with Crippen molar-refractivity contribution in [3.63, 3.8) is 0 Å². The Balaban J connectivity index is 2.22. The van der Waals surface area contributed by atoms with Gasteiger partial charge in [0.2, 0.25) is 0 Å². The van der Waals surface area contributed by atoms with Crippen molar-refractivity contribution in [2.45, 2.75) is 18.7 Å². The molecule has 0 aliphatic rings. The fourth-order valence-corrected chi connectivity index (χ4v) is 2.53. The molecule has 0 atom stereocenters. The number of esters is 1. The Bertz CT molecular complexity index is 895. The van der Waals surface area contributed by atoms with Crippen LogP contribution in [0.15, 0.2) is 48.5 Å². The highest BCUT2D eigenvalue weighted by atomic mass is 32.2. The van der Waals surface area contributed by atoms with Crippen molar-refractivity contribution in [1.29, 1.82) is 0 Å². The molecule has 0 bridgehead atoms. The second-order valence-electron chi connectivity index (χ2n) is 5.27. The van der Waals surface area contributed by atoms with Gasteiger partial charge in [0.25, 0.3) is 0 Å². The summed E-state index contributed by atoms with van der Waals surface area (Å²) in [6, 6.07) is 12.0. The highest BCUT2D eigenvalue weighted by Crippen LogP contribution is 2.28. The number of ether oxygens (including phenoxy) is 2. The third-order valence-corrected chi connectivity index (χ3v) is 4.32. The minimum Gasteiger partial charge on any atom is -0.465 e. The summed E-state index contributed by atoms with van der Waals surface area (Å²) in [5, 5.41) is 0. The number of hydrogen-bond acceptors (Lipinski definition) is 6. The Morgan fingerprint density at radius 2 is 1.70 bits per heavy atom. The second kappa shape index (κ2) is 8.40. The molecule has 0 aromatic heterocycles. The van der Waals surface area contributed by atoms with E-state index >= 15 is 0 Å². The summed E-state index contributed by atoms with van der Waals surface area (Å²) >= 11 is 0. The minimum atomic E-state index is -5.83. The van der Waals surface area contributed by atoms with Gasteiger partial charge in [0, 0.05) is 0 Å². The molecule has 0 heterocycles. The van der Waals surface area contributed by atoms with Crippen LogP contribution < -0.4 is 4.18 Å². The molecule has 0 radical (unpaired) electrons. The van der Waals surface area contributed by atoms with Crippen molar-refractivity contribution < 1.29 is 40.0 Å². The molecule has 0 spiro atoms. The van der Waals surface area contributed by atoms with Crippen LogP contribution in [0.5, 0.6) is 5.75 Å². The Kier molecular flexibility index (Phi) is 6.45. The average Bonchev–Trinajstić information content (AvgIpc) is 2.61. The van der Waals surface area contributed by atoms with Crippen LogP contribution in [0.25, 0.3) is 0 Å². The maximum Gasteiger partial charge on any atom is 0.534 e. The summed E-state index contributed by atoms with van der Waals surface area (Å²) in [7, 11) is -4.69. The number of carbonyl (C=O) groups excluding carboxylic acids is 1. The standard InChI is InChI=1S/C17H15F3O6S/c1-24-16(21)15-8-7-14(26-27(22,23)17(18,19)20)9-13(15)11-25-10-12-5-3-2-4-6-12/h2-9H,10-11H2,1H3. The monoisotopic (exact) mass is 404 g/mol. The minimum absolute atomic E-state index is 0.0160. The fourth-order valence-electron chi connectivity index (χ4n) is 2.08. The normalized spacial score (nSPS) is 11.9. The third kappa shape index (κ3) is 5.44. The maximum absolute atomic E-state index is 12.5. The van der Waals surface area contributed by atoms with E-state index in [0.29, 0.717) is 0 Å². The number of alkyl halides is 3. The van der Waals surface area contributed by atoms with Crippen LogP contribution in [0.4, 0.5) is 13.2 Å². The van der Waals surface area contributed by atoms with E-state index in [1.54, 1.807) is 24.3 Å². The second-order valence-corrected chi connectivity index (χ2v) is 6.81. The van der Waals surface area contributed by atoms with E-state index in [1.807, 2.05) is 6.07 Å². The van der Waals surface area contributed by atoms with Crippen LogP contribution in [0, 0.1) is 0 Å². The SMILES string of the molecule is COC(=O)c1ccc(OS(=O)(=O)C(F)(F)F)cc1COCc1ccccc1. The van der Waals surface area contributed by atoms with Gasteiger partial charge in [-0.2, -0.15) is 21.6 Å². The summed E-state index contributed by atoms with van der Waals surface area (Å²) in [6.07, 6.45) is 0. The summed E-state index contributed by atoms with van der Waals surface area (Å²) in [6.45, 7) is -0.00399. The maximum atomic E-state index is 12.5. The lowest BCUT2D eigenvalue weighted by atomic mass is 10.1. The summed E-state index contributed by atoms with van der Waals surface area (Å²) < 4.78 is 73.8. The first-order valence-corrected chi connectivity index (χ1v) is 8.88. The van der Waals surface area contributed by atoms with Gasteiger partial charge in [0.15, 0.2) is 0 Å². The molecular formula is C17H15F3O6S. The van der Waals surface area contributed by atoms with E-state index in [1.165, 1.54) is 0 Å². The third-order valence-electron chi connectivity index (χ3n) is 3.34. The smallest absolute Gasteiger partial charge is 0.465 e. The predicted octanol–water partition coefficient (Wildman–Crippen LogP) is 3.42. The van der Waals surface area contributed by atoms with E-state index in [0.717, 1.165) is 30.9 Å². The Labute approximate surface area is 153 Å². The lowest BCUT2D eigenvalue weighted by Gasteiger charge is -2.13. The molecule has 2 aromatic rings. The number of benzene rings is 2. The molecule has 0 aliphatic heterocycles. The highest BCUT2D eigenvalue weighted by molar-refractivity contribution is 7.88. The summed E-state index contributed by atoms with van der Waals surface area (Å²) in [5.74, 6) is -1.35. The lowest BCUT2D eigenvalue weighted by molar-refractivity contribution is -0.0500. The molecule has 0 N–H and O–H groups in total. The molecule has 6 nitrogen and oxygen atoms in total. The molecule has 0 unspecified atom stereocenters. The number of hydrogen-bond donors (Lipinski definition) is 0. The van der Waals surface area contributed by atoms with E-state index in [2.05, 4.69) is 8.92 Å². The molecular weight excluding hydrogens is 389 g/mol. The van der Waals surface area contributed by atoms with E-state index < -0.39 is 27.3 Å². The highest BCUT2D eigenvalue weighted by Gasteiger charge is 2.48. The molecule has 0 saturated heterocycles. The van der Waals surface area contributed by atoms with Crippen LogP contribution in [-0.2, 0) is 32.8 Å². The number of methoxy groups -OCH3 is 1. The first-order chi connectivity index (χ1) is 12.6. The van der Waals surface area contributed by atoms with Crippen molar-refractivity contribution in [3.05, 3.63) is 65.2 Å². The van der Waals surface area contributed by atoms with Gasteiger partial charge in [-0.25, -0.2) is 4.79 Å². The molecule has 27 heavy (non-hydrogen) atoms. The number of rotatable bonds is 7. The zero-order valence-corrected chi connectivity index (χ0v) is 14.8. The quantitative estimate of drug-likeness (QED) is 0.400. The van der Waals surface area contributed by atoms with Gasteiger partial charge < -0.3 is 13.7 Å². The molecule has 2 rings (SSSR count). The lowest BCUT2D eigenvalue weighted by Crippen LogP contribution is -2.28. The van der Waals surface area contributed by atoms with Crippen LogP contribution in [0.2, 0.25) is 0 Å². The molecule has 146 valence electrons. The molecule has 0 saturated carbocycles. The van der Waals surface area contributed by atoms with Crippen LogP contribution in [0.3, 0.4) is 0 Å². The fraction of sp³-hybridized carbons (Fsp3) is 0.235. The van der Waals surface area contributed by atoms with Gasteiger partial charge in [0.05, 0.1) is 25.9 Å². The van der Waals surface area contributed by atoms with Crippen molar-refractivity contribution >= 4 is 16.1 Å². The Morgan fingerprint density at radius 1 is 1.04 bits per heavy atom. The van der Waals surface area contributed by atoms with Gasteiger partial charge in [-0.15, -0.1) is 0 Å². The van der Waals surface area contributed by atoms with E-state index in [4.69, 9.17) is 4.74 Å². The Hall–Kier alpha value is -2.59. The zero-order chi connectivity index (χ0) is 20.1. The zero-order valence-electron chi connectivity index (χ0n) is 14.0. The average molecular weight is 404 g/mol. The molecule has 0 fully saturated rings. The largest absolute Gasteiger partial charge is 0.534 e. The summed E-state index contributed by atoms with van der Waals surface area (Å²) in [5.41, 5.74) is -4.60. The first-order valence-electron chi connectivity index (χ1n) is 7.47. The van der Waals surface area contributed by atoms with E-state index in [-0.39, 0.29) is 24.3 Å². The van der Waals surface area contributed by atoms with Crippen LogP contribution in [-0.4, -0.2) is 27.0 Å².